The predicted molar refractivity (Wildman–Crippen MR) is 88.9 cm³/mol. The number of oxime groups is 1. The zero-order valence-corrected chi connectivity index (χ0v) is 13.4. The van der Waals surface area contributed by atoms with Crippen LogP contribution in [0.5, 0.6) is 0 Å². The predicted octanol–water partition coefficient (Wildman–Crippen LogP) is 3.58. The van der Waals surface area contributed by atoms with Crippen LogP contribution in [-0.4, -0.2) is 24.1 Å². The van der Waals surface area contributed by atoms with Crippen molar-refractivity contribution in [2.24, 2.45) is 5.16 Å². The summed E-state index contributed by atoms with van der Waals surface area (Å²) in [5, 5.41) is 13.0. The molecule has 0 saturated heterocycles. The van der Waals surface area contributed by atoms with Gasteiger partial charge in [-0.1, -0.05) is 35.5 Å². The van der Waals surface area contributed by atoms with Crippen molar-refractivity contribution in [1.29, 1.82) is 0 Å². The number of hydrogen-bond acceptors (Lipinski definition) is 6. The Bertz CT molecular complexity index is 753. The molecule has 1 aliphatic rings. The van der Waals surface area contributed by atoms with Gasteiger partial charge in [0.05, 0.1) is 0 Å². The summed E-state index contributed by atoms with van der Waals surface area (Å²) in [4.78, 5) is 17.7. The number of thiophene rings is 1. The minimum absolute atomic E-state index is 0.168. The number of ether oxygens (including phenoxy) is 2. The largest absolute Gasteiger partial charge is 0.477 e. The molecule has 24 heavy (non-hydrogen) atoms. The summed E-state index contributed by atoms with van der Waals surface area (Å²) in [5.41, 5.74) is 1.07. The van der Waals surface area contributed by atoms with Crippen LogP contribution < -0.4 is 0 Å². The van der Waals surface area contributed by atoms with Crippen LogP contribution in [0.15, 0.2) is 59.6 Å². The molecule has 1 atom stereocenters. The van der Waals surface area contributed by atoms with Crippen molar-refractivity contribution < 1.29 is 24.2 Å². The van der Waals surface area contributed by atoms with Gasteiger partial charge in [0.1, 0.15) is 17.4 Å². The average Bonchev–Trinajstić information content (AvgIpc) is 3.27. The van der Waals surface area contributed by atoms with E-state index in [0.717, 1.165) is 10.4 Å². The van der Waals surface area contributed by atoms with E-state index >= 15 is 0 Å². The molecular formula is C17H15NO5S. The SMILES string of the molecule is O=C(O)c1ccc(C(Cc2ccccc2)ON=CC2=COCO2)s1. The van der Waals surface area contributed by atoms with Crippen LogP contribution >= 0.6 is 11.3 Å². The van der Waals surface area contributed by atoms with Gasteiger partial charge in [-0.3, -0.25) is 0 Å². The third-order valence-corrected chi connectivity index (χ3v) is 4.45. The Kier molecular flexibility index (Phi) is 5.12. The Balaban J connectivity index is 1.75. The van der Waals surface area contributed by atoms with Gasteiger partial charge in [0.2, 0.25) is 6.79 Å². The quantitative estimate of drug-likeness (QED) is 0.613. The molecule has 1 aromatic carbocycles. The van der Waals surface area contributed by atoms with E-state index in [4.69, 9.17) is 19.4 Å². The van der Waals surface area contributed by atoms with Crippen molar-refractivity contribution >= 4 is 23.5 Å². The number of carbonyl (C=O) groups is 1. The van der Waals surface area contributed by atoms with Gasteiger partial charge in [-0.2, -0.15) is 0 Å². The third kappa shape index (κ3) is 4.14. The molecule has 1 N–H and O–H groups in total. The summed E-state index contributed by atoms with van der Waals surface area (Å²) in [7, 11) is 0. The summed E-state index contributed by atoms with van der Waals surface area (Å²) >= 11 is 1.18. The van der Waals surface area contributed by atoms with E-state index in [0.29, 0.717) is 12.2 Å². The van der Waals surface area contributed by atoms with Gasteiger partial charge in [0, 0.05) is 11.3 Å². The van der Waals surface area contributed by atoms with E-state index in [1.807, 2.05) is 30.3 Å². The fraction of sp³-hybridized carbons (Fsp3) is 0.176. The van der Waals surface area contributed by atoms with E-state index in [-0.39, 0.29) is 17.8 Å². The molecule has 7 heteroatoms. The molecule has 1 aromatic heterocycles. The Labute approximate surface area is 142 Å². The number of carboxylic acid groups (broad SMARTS) is 1. The fourth-order valence-corrected chi connectivity index (χ4v) is 3.01. The molecule has 1 aliphatic heterocycles. The first kappa shape index (κ1) is 16.1. The number of hydrogen-bond donors (Lipinski definition) is 1. The van der Waals surface area contributed by atoms with Crippen molar-refractivity contribution in [3.05, 3.63) is 69.8 Å². The van der Waals surface area contributed by atoms with Crippen LogP contribution in [0, 0.1) is 0 Å². The first-order valence-corrected chi connectivity index (χ1v) is 8.05. The number of rotatable bonds is 7. The summed E-state index contributed by atoms with van der Waals surface area (Å²) < 4.78 is 10.1. The van der Waals surface area contributed by atoms with Crippen molar-refractivity contribution in [2.75, 3.05) is 6.79 Å². The average molecular weight is 345 g/mol. The second kappa shape index (κ2) is 7.65. The van der Waals surface area contributed by atoms with E-state index in [1.54, 1.807) is 12.1 Å². The second-order valence-electron chi connectivity index (χ2n) is 4.97. The lowest BCUT2D eigenvalue weighted by atomic mass is 10.1. The maximum Gasteiger partial charge on any atom is 0.345 e. The number of allylic oxidation sites excluding steroid dienone is 1. The molecule has 0 saturated carbocycles. The summed E-state index contributed by atoms with van der Waals surface area (Å²) in [6, 6.07) is 13.1. The van der Waals surface area contributed by atoms with E-state index < -0.39 is 5.97 Å². The van der Waals surface area contributed by atoms with Crippen LogP contribution in [-0.2, 0) is 20.7 Å². The zero-order chi connectivity index (χ0) is 16.8. The van der Waals surface area contributed by atoms with Gasteiger partial charge in [0.25, 0.3) is 0 Å². The Hall–Kier alpha value is -2.80. The fourth-order valence-electron chi connectivity index (χ4n) is 2.13. The van der Waals surface area contributed by atoms with Crippen LogP contribution in [0.1, 0.15) is 26.2 Å². The van der Waals surface area contributed by atoms with Gasteiger partial charge in [0.15, 0.2) is 11.9 Å². The highest BCUT2D eigenvalue weighted by molar-refractivity contribution is 7.14. The molecule has 0 amide bonds. The molecule has 3 rings (SSSR count). The summed E-state index contributed by atoms with van der Waals surface area (Å²) in [5.74, 6) is -0.472. The maximum atomic E-state index is 11.1. The number of nitrogens with zero attached hydrogens (tertiary/aromatic N) is 1. The molecule has 0 aliphatic carbocycles. The molecule has 2 aromatic rings. The normalized spacial score (nSPS) is 14.8. The molecule has 6 nitrogen and oxygen atoms in total. The molecule has 0 radical (unpaired) electrons. The van der Waals surface area contributed by atoms with Crippen LogP contribution in [0.2, 0.25) is 0 Å². The topological polar surface area (TPSA) is 77.4 Å². The zero-order valence-electron chi connectivity index (χ0n) is 12.6. The van der Waals surface area contributed by atoms with E-state index in [1.165, 1.54) is 23.8 Å². The van der Waals surface area contributed by atoms with Gasteiger partial charge >= 0.3 is 5.97 Å². The number of benzene rings is 1. The first-order valence-electron chi connectivity index (χ1n) is 7.23. The third-order valence-electron chi connectivity index (χ3n) is 3.28. The Morgan fingerprint density at radius 3 is 2.83 bits per heavy atom. The molecule has 0 bridgehead atoms. The molecule has 124 valence electrons. The van der Waals surface area contributed by atoms with E-state index in [9.17, 15) is 4.79 Å². The van der Waals surface area contributed by atoms with Crippen molar-refractivity contribution in [3.63, 3.8) is 0 Å². The van der Waals surface area contributed by atoms with Crippen molar-refractivity contribution in [3.8, 4) is 0 Å². The first-order chi connectivity index (χ1) is 11.7. The van der Waals surface area contributed by atoms with Gasteiger partial charge in [-0.15, -0.1) is 11.3 Å². The van der Waals surface area contributed by atoms with Crippen molar-refractivity contribution in [2.45, 2.75) is 12.5 Å². The molecule has 1 unspecified atom stereocenters. The monoisotopic (exact) mass is 345 g/mol. The maximum absolute atomic E-state index is 11.1. The number of carboxylic acids is 1. The van der Waals surface area contributed by atoms with E-state index in [2.05, 4.69) is 5.16 Å². The van der Waals surface area contributed by atoms with Crippen LogP contribution in [0.3, 0.4) is 0 Å². The van der Waals surface area contributed by atoms with Crippen LogP contribution in [0.25, 0.3) is 0 Å². The molecule has 2 heterocycles. The summed E-state index contributed by atoms with van der Waals surface area (Å²) in [6.45, 7) is 0.168. The van der Waals surface area contributed by atoms with Crippen LogP contribution in [0.4, 0.5) is 0 Å². The van der Waals surface area contributed by atoms with Gasteiger partial charge < -0.3 is 19.4 Å². The highest BCUT2D eigenvalue weighted by Gasteiger charge is 2.18. The molecule has 0 fully saturated rings. The second-order valence-corrected chi connectivity index (χ2v) is 6.09. The highest BCUT2D eigenvalue weighted by Crippen LogP contribution is 2.29. The minimum atomic E-state index is -0.949. The lowest BCUT2D eigenvalue weighted by molar-refractivity contribution is 0.0601. The highest BCUT2D eigenvalue weighted by atomic mass is 32.1. The Morgan fingerprint density at radius 1 is 1.33 bits per heavy atom. The number of aromatic carboxylic acids is 1. The Morgan fingerprint density at radius 2 is 2.17 bits per heavy atom. The minimum Gasteiger partial charge on any atom is -0.477 e. The van der Waals surface area contributed by atoms with Gasteiger partial charge in [-0.25, -0.2) is 4.79 Å². The van der Waals surface area contributed by atoms with Crippen molar-refractivity contribution in [1.82, 2.24) is 0 Å². The summed E-state index contributed by atoms with van der Waals surface area (Å²) in [6.07, 6.45) is 3.07. The van der Waals surface area contributed by atoms with Gasteiger partial charge in [-0.05, 0) is 17.7 Å². The lowest BCUT2D eigenvalue weighted by Gasteiger charge is -2.13. The standard InChI is InChI=1S/C17H15NO5S/c19-17(20)16-7-6-15(24-16)14(8-12-4-2-1-3-5-12)23-18-9-13-10-21-11-22-13/h1-7,9-10,14H,8,11H2,(H,19,20). The molecular weight excluding hydrogens is 330 g/mol. The lowest BCUT2D eigenvalue weighted by Crippen LogP contribution is -2.03. The smallest absolute Gasteiger partial charge is 0.345 e. The molecule has 0 spiro atoms.